The van der Waals surface area contributed by atoms with Crippen LogP contribution in [0.15, 0.2) is 67.0 Å². The van der Waals surface area contributed by atoms with Crippen molar-refractivity contribution in [3.05, 3.63) is 101 Å². The van der Waals surface area contributed by atoms with Gasteiger partial charge in [-0.25, -0.2) is 8.78 Å². The average Bonchev–Trinajstić information content (AvgIpc) is 4.02. The van der Waals surface area contributed by atoms with Crippen LogP contribution >= 0.6 is 0 Å². The fourth-order valence-corrected chi connectivity index (χ4v) is 12.9. The molecular formula is C56H66F2N10O5. The second kappa shape index (κ2) is 19.5. The van der Waals surface area contributed by atoms with Gasteiger partial charge in [-0.2, -0.15) is 15.5 Å². The zero-order valence-electron chi connectivity index (χ0n) is 43.0. The fraction of sp³-hybridized carbons (Fsp3) is 0.500. The number of benzene rings is 3. The van der Waals surface area contributed by atoms with Crippen LogP contribution in [0.5, 0.6) is 11.5 Å². The Morgan fingerprint density at radius 2 is 1.62 bits per heavy atom. The average molecular weight is 997 g/mol. The predicted molar refractivity (Wildman–Crippen MR) is 273 cm³/mol. The minimum Gasteiger partial charge on any atom is -0.495 e. The van der Waals surface area contributed by atoms with Gasteiger partial charge in [-0.15, -0.1) is 0 Å². The highest BCUT2D eigenvalue weighted by Gasteiger charge is 2.64. The highest BCUT2D eigenvalue weighted by Crippen LogP contribution is 2.56. The number of carbonyl (C=O) groups excluding carboxylic acids is 3. The maximum Gasteiger partial charge on any atom is 0.264 e. The number of likely N-dealkylation sites (tertiary alicyclic amines) is 1. The van der Waals surface area contributed by atoms with Gasteiger partial charge in [0.25, 0.3) is 12.3 Å². The van der Waals surface area contributed by atoms with Gasteiger partial charge in [-0.1, -0.05) is 27.7 Å². The quantitative estimate of drug-likeness (QED) is 0.136. The van der Waals surface area contributed by atoms with Gasteiger partial charge in [0.05, 0.1) is 31.5 Å². The number of carbonyl (C=O) groups is 3. The van der Waals surface area contributed by atoms with Crippen LogP contribution < -0.4 is 24.6 Å². The number of methoxy groups -OCH3 is 1. The van der Waals surface area contributed by atoms with Gasteiger partial charge in [0, 0.05) is 134 Å². The molecule has 6 heterocycles. The molecule has 10 rings (SSSR count). The summed E-state index contributed by atoms with van der Waals surface area (Å²) in [6.07, 6.45) is 5.69. The molecule has 0 spiro atoms. The lowest BCUT2D eigenvalue weighted by molar-refractivity contribution is -0.164. The van der Waals surface area contributed by atoms with E-state index in [0.29, 0.717) is 72.9 Å². The first-order valence-corrected chi connectivity index (χ1v) is 25.7. The van der Waals surface area contributed by atoms with Crippen molar-refractivity contribution in [1.29, 1.82) is 5.26 Å². The molecule has 15 nitrogen and oxygen atoms in total. The lowest BCUT2D eigenvalue weighted by atomic mass is 9.49. The van der Waals surface area contributed by atoms with Crippen molar-refractivity contribution in [1.82, 2.24) is 34.7 Å². The molecule has 2 aromatic heterocycles. The van der Waals surface area contributed by atoms with Gasteiger partial charge in [0.2, 0.25) is 11.8 Å². The van der Waals surface area contributed by atoms with Crippen molar-refractivity contribution in [3.8, 4) is 28.7 Å². The summed E-state index contributed by atoms with van der Waals surface area (Å²) in [5.41, 5.74) is 6.13. The van der Waals surface area contributed by atoms with Crippen LogP contribution in [0.2, 0.25) is 0 Å². The van der Waals surface area contributed by atoms with Crippen LogP contribution in [-0.2, 0) is 36.0 Å². The molecular weight excluding hydrogens is 931 g/mol. The molecule has 73 heavy (non-hydrogen) atoms. The summed E-state index contributed by atoms with van der Waals surface area (Å²) in [5.74, 6) is 1.76. The van der Waals surface area contributed by atoms with Crippen molar-refractivity contribution in [2.24, 2.45) is 23.8 Å². The first-order chi connectivity index (χ1) is 35.0. The molecule has 1 saturated carbocycles. The zero-order chi connectivity index (χ0) is 51.5. The number of nitrogens with zero attached hydrogens (tertiary/aromatic N) is 9. The largest absolute Gasteiger partial charge is 0.495 e. The van der Waals surface area contributed by atoms with Crippen LogP contribution in [-0.4, -0.2) is 106 Å². The Balaban J connectivity index is 0.756. The SMILES string of the molecule is COc1cc(OC2C(C)(C)C(NC(=O)c3ccc(N4CCC(C(=O)N5CCC(n6nc(N7CCCc8cc(-c9cnn(C)c9)c(C(F)F)cc87)c7c6CCN(C(C)=O)C7)CC5)CC4)cc3)C2(C)C)ccc1C#N. The molecule has 384 valence electrons. The maximum atomic E-state index is 14.8. The third kappa shape index (κ3) is 9.15. The second-order valence-corrected chi connectivity index (χ2v) is 21.8. The molecule has 0 radical (unpaired) electrons. The van der Waals surface area contributed by atoms with Crippen molar-refractivity contribution >= 4 is 34.9 Å². The topological polar surface area (TPSA) is 154 Å². The van der Waals surface area contributed by atoms with Crippen molar-refractivity contribution < 1.29 is 32.6 Å². The van der Waals surface area contributed by atoms with E-state index in [2.05, 4.69) is 58.7 Å². The number of aromatic nitrogens is 4. The molecule has 17 heteroatoms. The molecule has 5 aromatic rings. The number of fused-ring (bicyclic) bond motifs is 2. The Kier molecular flexibility index (Phi) is 13.2. The van der Waals surface area contributed by atoms with Crippen molar-refractivity contribution in [3.63, 3.8) is 0 Å². The number of nitriles is 1. The second-order valence-electron chi connectivity index (χ2n) is 21.8. The van der Waals surface area contributed by atoms with Gasteiger partial charge >= 0.3 is 0 Å². The lowest BCUT2D eigenvalue weighted by Crippen LogP contribution is -2.74. The molecule has 3 fully saturated rings. The number of ether oxygens (including phenoxy) is 2. The summed E-state index contributed by atoms with van der Waals surface area (Å²) in [4.78, 5) is 48.7. The third-order valence-electron chi connectivity index (χ3n) is 16.5. The minimum atomic E-state index is -2.69. The normalized spacial score (nSPS) is 20.7. The summed E-state index contributed by atoms with van der Waals surface area (Å²) in [5, 5.41) is 22.3. The molecule has 1 N–H and O–H groups in total. The monoisotopic (exact) mass is 997 g/mol. The zero-order valence-corrected chi connectivity index (χ0v) is 43.0. The summed E-state index contributed by atoms with van der Waals surface area (Å²) < 4.78 is 45.2. The van der Waals surface area contributed by atoms with Gasteiger partial charge in [-0.3, -0.25) is 23.7 Å². The number of aryl methyl sites for hydroxylation is 2. The van der Waals surface area contributed by atoms with Gasteiger partial charge in [0.1, 0.15) is 23.7 Å². The summed E-state index contributed by atoms with van der Waals surface area (Å²) in [6.45, 7) is 14.3. The Morgan fingerprint density at radius 1 is 0.890 bits per heavy atom. The lowest BCUT2D eigenvalue weighted by Gasteiger charge is -2.63. The van der Waals surface area contributed by atoms with E-state index in [1.165, 1.54) is 7.11 Å². The molecule has 0 atom stereocenters. The number of piperidine rings is 2. The number of alkyl halides is 2. The molecule has 4 aliphatic heterocycles. The molecule has 1 aliphatic carbocycles. The smallest absolute Gasteiger partial charge is 0.264 e. The van der Waals surface area contributed by atoms with Crippen molar-refractivity contribution in [2.75, 3.05) is 56.2 Å². The maximum absolute atomic E-state index is 14.8. The summed E-state index contributed by atoms with van der Waals surface area (Å²) in [6, 6.07) is 18.5. The van der Waals surface area contributed by atoms with E-state index < -0.39 is 6.43 Å². The molecule has 0 unspecified atom stereocenters. The molecule has 0 bridgehead atoms. The Hall–Kier alpha value is -6.96. The Bertz CT molecular complexity index is 2940. The van der Waals surface area contributed by atoms with Gasteiger partial charge < -0.3 is 34.4 Å². The summed E-state index contributed by atoms with van der Waals surface area (Å²) >= 11 is 0. The van der Waals surface area contributed by atoms with Crippen LogP contribution in [0.1, 0.15) is 117 Å². The first-order valence-electron chi connectivity index (χ1n) is 25.7. The Morgan fingerprint density at radius 3 is 2.26 bits per heavy atom. The standard InChI is InChI=1S/C56H66F2N10O5/c1-34(69)66-26-20-46-45(33-66)50(67-21-8-9-37-27-43(39-31-60-63(6)32-39)44(49(57)58)29-47(37)67)62-68(46)41-18-24-65(25-19-41)52(71)36-16-22-64(23-17-36)40-13-10-35(11-14-40)51(70)61-53-55(2,3)54(56(53,4)5)73-42-15-12-38(30-59)48(28-42)72-7/h10-15,27-29,31-32,36,41,49,53-54H,8-9,16-26,33H2,1-7H3,(H,61,70). The van der Waals surface area contributed by atoms with Crippen LogP contribution in [0.4, 0.5) is 26.0 Å². The highest BCUT2D eigenvalue weighted by molar-refractivity contribution is 5.95. The number of amides is 3. The molecule has 2 saturated heterocycles. The minimum absolute atomic E-state index is 0.0101. The number of rotatable bonds is 11. The van der Waals surface area contributed by atoms with Crippen LogP contribution in [0, 0.1) is 28.1 Å². The molecule has 3 amide bonds. The fourth-order valence-electron chi connectivity index (χ4n) is 12.9. The number of nitrogens with one attached hydrogen (secondary N) is 1. The van der Waals surface area contributed by atoms with E-state index in [1.54, 1.807) is 55.3 Å². The van der Waals surface area contributed by atoms with Gasteiger partial charge in [0.15, 0.2) is 5.82 Å². The molecule has 5 aliphatic rings. The number of hydrogen-bond acceptors (Lipinski definition) is 10. The number of halogens is 2. The number of hydrogen-bond donors (Lipinski definition) is 1. The van der Waals surface area contributed by atoms with Crippen LogP contribution in [0.25, 0.3) is 11.1 Å². The van der Waals surface area contributed by atoms with Crippen LogP contribution in [0.3, 0.4) is 0 Å². The Labute approximate surface area is 426 Å². The van der Waals surface area contributed by atoms with Gasteiger partial charge in [-0.05, 0) is 98.2 Å². The van der Waals surface area contributed by atoms with E-state index in [1.807, 2.05) is 40.1 Å². The van der Waals surface area contributed by atoms with E-state index >= 15 is 0 Å². The highest BCUT2D eigenvalue weighted by atomic mass is 19.3. The van der Waals surface area contributed by atoms with Crippen molar-refractivity contribution in [2.45, 2.75) is 111 Å². The van der Waals surface area contributed by atoms with E-state index in [9.17, 15) is 28.4 Å². The predicted octanol–water partition coefficient (Wildman–Crippen LogP) is 8.78. The summed E-state index contributed by atoms with van der Waals surface area (Å²) in [7, 11) is 3.30. The third-order valence-corrected chi connectivity index (χ3v) is 16.5. The number of anilines is 3. The van der Waals surface area contributed by atoms with E-state index in [-0.39, 0.29) is 58.2 Å². The molecule has 3 aromatic carbocycles. The van der Waals surface area contributed by atoms with E-state index in [4.69, 9.17) is 14.6 Å². The first kappa shape index (κ1) is 49.6. The van der Waals surface area contributed by atoms with E-state index in [0.717, 1.165) is 85.6 Å².